The predicted octanol–water partition coefficient (Wildman–Crippen LogP) is 24.3. The van der Waals surface area contributed by atoms with Gasteiger partial charge in [-0.1, -0.05) is 375 Å². The number of phosphoric ester groups is 2. The molecular weight excluding hydrogens is 1310 g/mol. The van der Waals surface area contributed by atoms with E-state index in [2.05, 4.69) is 41.5 Å². The zero-order valence-corrected chi connectivity index (χ0v) is 67.3. The SMILES string of the molecule is CCCCCCCCCCCCCCCCCCCCCCCC(=O)O[C@H](COC(=O)CCCCCCCCCCCCCCCC(C)C)COP(=O)(O)OC[C@@H](O)COP(=O)(O)OC[C@@H](COC(=O)CCCCCCCCCC(C)C)OC(=O)CCCCCCCCCCCCCCC. The third-order valence-corrected chi connectivity index (χ3v) is 20.9. The Morgan fingerprint density at radius 2 is 0.460 bits per heavy atom. The van der Waals surface area contributed by atoms with E-state index in [4.69, 9.17) is 37.0 Å². The van der Waals surface area contributed by atoms with E-state index < -0.39 is 97.5 Å². The summed E-state index contributed by atoms with van der Waals surface area (Å²) in [5.74, 6) is -0.613. The summed E-state index contributed by atoms with van der Waals surface area (Å²) in [6.07, 6.45) is 62.6. The summed E-state index contributed by atoms with van der Waals surface area (Å²) in [5.41, 5.74) is 0. The first-order valence-corrected chi connectivity index (χ1v) is 45.0. The van der Waals surface area contributed by atoms with E-state index in [1.54, 1.807) is 0 Å². The van der Waals surface area contributed by atoms with Crippen LogP contribution >= 0.6 is 15.6 Å². The van der Waals surface area contributed by atoms with Crippen LogP contribution in [0.5, 0.6) is 0 Å². The summed E-state index contributed by atoms with van der Waals surface area (Å²) in [6, 6.07) is 0. The Hall–Kier alpha value is -1.94. The van der Waals surface area contributed by atoms with Crippen LogP contribution < -0.4 is 0 Å². The second-order valence-corrected chi connectivity index (χ2v) is 33.0. The van der Waals surface area contributed by atoms with Crippen LogP contribution in [0, 0.1) is 11.8 Å². The molecule has 0 aliphatic heterocycles. The maximum atomic E-state index is 13.1. The summed E-state index contributed by atoms with van der Waals surface area (Å²) < 4.78 is 68.7. The van der Waals surface area contributed by atoms with Crippen LogP contribution in [-0.4, -0.2) is 96.7 Å². The monoisotopic (exact) mass is 1470 g/mol. The first kappa shape index (κ1) is 98.1. The summed E-state index contributed by atoms with van der Waals surface area (Å²) in [7, 11) is -9.92. The second-order valence-electron chi connectivity index (χ2n) is 30.1. The molecule has 2 unspecified atom stereocenters. The van der Waals surface area contributed by atoms with Gasteiger partial charge in [0.1, 0.15) is 19.3 Å². The van der Waals surface area contributed by atoms with Crippen LogP contribution in [0.25, 0.3) is 0 Å². The van der Waals surface area contributed by atoms with Crippen LogP contribution in [0.3, 0.4) is 0 Å². The lowest BCUT2D eigenvalue weighted by Crippen LogP contribution is -2.30. The molecule has 19 heteroatoms. The molecule has 0 bridgehead atoms. The zero-order valence-electron chi connectivity index (χ0n) is 65.5. The molecule has 0 radical (unpaired) electrons. The lowest BCUT2D eigenvalue weighted by Gasteiger charge is -2.21. The highest BCUT2D eigenvalue weighted by Crippen LogP contribution is 2.45. The molecule has 0 saturated heterocycles. The van der Waals surface area contributed by atoms with Crippen LogP contribution in [0.1, 0.15) is 427 Å². The summed E-state index contributed by atoms with van der Waals surface area (Å²) in [4.78, 5) is 73.0. The van der Waals surface area contributed by atoms with Crippen molar-refractivity contribution in [3.8, 4) is 0 Å². The number of carbonyl (C=O) groups is 4. The Labute approximate surface area is 613 Å². The Balaban J connectivity index is 5.22. The molecule has 0 aliphatic rings. The van der Waals surface area contributed by atoms with Gasteiger partial charge >= 0.3 is 39.5 Å². The van der Waals surface area contributed by atoms with E-state index in [0.717, 1.165) is 102 Å². The predicted molar refractivity (Wildman–Crippen MR) is 409 cm³/mol. The lowest BCUT2D eigenvalue weighted by atomic mass is 10.0. The summed E-state index contributed by atoms with van der Waals surface area (Å²) in [5, 5.41) is 10.6. The average molecular weight is 1470 g/mol. The Kier molecular flexibility index (Phi) is 71.2. The number of aliphatic hydroxyl groups excluding tert-OH is 1. The van der Waals surface area contributed by atoms with Crippen molar-refractivity contribution in [1.82, 2.24) is 0 Å². The van der Waals surface area contributed by atoms with Crippen LogP contribution in [0.2, 0.25) is 0 Å². The molecule has 0 aromatic heterocycles. The average Bonchev–Trinajstić information content (AvgIpc) is 0.912. The smallest absolute Gasteiger partial charge is 0.462 e. The molecule has 100 heavy (non-hydrogen) atoms. The van der Waals surface area contributed by atoms with Gasteiger partial charge in [0.15, 0.2) is 12.2 Å². The number of unbranched alkanes of at least 4 members (excludes halogenated alkanes) is 50. The Morgan fingerprint density at radius 1 is 0.270 bits per heavy atom. The molecule has 594 valence electrons. The molecule has 0 heterocycles. The topological polar surface area (TPSA) is 237 Å². The standard InChI is InChI=1S/C81H158O17P2/c1-7-9-11-13-15-17-19-21-22-23-24-25-26-27-28-32-37-41-47-54-60-66-81(86)97-76(69-91-78(83)63-57-51-45-39-35-33-29-31-34-38-43-49-55-61-73(3)4)71-95-99(87,88)93-67-75(82)68-94-100(89,90)96-72-77(70-92-79(84)64-58-52-48-42-44-50-56-62-74(5)6)98-80(85)65-59-53-46-40-36-30-20-18-16-14-12-10-8-2/h73-77,82H,7-72H2,1-6H3,(H,87,88)(H,89,90)/t75-,76-,77-/m1/s1. The van der Waals surface area contributed by atoms with E-state index in [0.29, 0.717) is 31.6 Å². The molecule has 0 saturated carbocycles. The van der Waals surface area contributed by atoms with E-state index in [-0.39, 0.29) is 25.7 Å². The van der Waals surface area contributed by atoms with Gasteiger partial charge in [-0.3, -0.25) is 37.3 Å². The number of hydrogen-bond acceptors (Lipinski definition) is 15. The summed E-state index contributed by atoms with van der Waals surface area (Å²) in [6.45, 7) is 9.60. The largest absolute Gasteiger partial charge is 0.472 e. The molecule has 5 atom stereocenters. The highest BCUT2D eigenvalue weighted by Gasteiger charge is 2.30. The number of phosphoric acid groups is 2. The molecule has 3 N–H and O–H groups in total. The zero-order chi connectivity index (χ0) is 73.5. The van der Waals surface area contributed by atoms with Crippen molar-refractivity contribution >= 4 is 39.5 Å². The minimum absolute atomic E-state index is 0.107. The number of carbonyl (C=O) groups excluding carboxylic acids is 4. The van der Waals surface area contributed by atoms with Gasteiger partial charge in [-0.05, 0) is 37.5 Å². The number of aliphatic hydroxyl groups is 1. The number of ether oxygens (including phenoxy) is 4. The summed E-state index contributed by atoms with van der Waals surface area (Å²) >= 11 is 0. The lowest BCUT2D eigenvalue weighted by molar-refractivity contribution is -0.161. The van der Waals surface area contributed by atoms with Gasteiger partial charge in [0, 0.05) is 25.7 Å². The van der Waals surface area contributed by atoms with Gasteiger partial charge in [-0.25, -0.2) is 9.13 Å². The fraction of sp³-hybridized carbons (Fsp3) is 0.951. The third-order valence-electron chi connectivity index (χ3n) is 19.0. The van der Waals surface area contributed by atoms with Crippen molar-refractivity contribution < 1.29 is 80.2 Å². The van der Waals surface area contributed by atoms with Crippen LogP contribution in [0.4, 0.5) is 0 Å². The first-order chi connectivity index (χ1) is 48.4. The molecular formula is C81H158O17P2. The van der Waals surface area contributed by atoms with E-state index in [9.17, 15) is 43.2 Å². The minimum Gasteiger partial charge on any atom is -0.462 e. The molecule has 0 rings (SSSR count). The minimum atomic E-state index is -4.96. The van der Waals surface area contributed by atoms with Crippen molar-refractivity contribution in [1.29, 1.82) is 0 Å². The first-order valence-electron chi connectivity index (χ1n) is 42.0. The van der Waals surface area contributed by atoms with Gasteiger partial charge in [0.2, 0.25) is 0 Å². The number of rotatable bonds is 80. The van der Waals surface area contributed by atoms with Gasteiger partial charge in [-0.2, -0.15) is 0 Å². The van der Waals surface area contributed by atoms with Crippen molar-refractivity contribution in [3.05, 3.63) is 0 Å². The van der Waals surface area contributed by atoms with Crippen LogP contribution in [-0.2, 0) is 65.4 Å². The fourth-order valence-electron chi connectivity index (χ4n) is 12.5. The van der Waals surface area contributed by atoms with Crippen molar-refractivity contribution in [2.75, 3.05) is 39.6 Å². The number of esters is 4. The molecule has 0 amide bonds. The van der Waals surface area contributed by atoms with E-state index in [1.807, 2.05) is 0 Å². The van der Waals surface area contributed by atoms with Crippen molar-refractivity contribution in [2.45, 2.75) is 445 Å². The highest BCUT2D eigenvalue weighted by molar-refractivity contribution is 7.47. The van der Waals surface area contributed by atoms with Crippen molar-refractivity contribution in [3.63, 3.8) is 0 Å². The molecule has 0 aliphatic carbocycles. The quantitative estimate of drug-likeness (QED) is 0.0222. The van der Waals surface area contributed by atoms with E-state index in [1.165, 1.54) is 238 Å². The fourth-order valence-corrected chi connectivity index (χ4v) is 14.1. The normalized spacial score (nSPS) is 13.9. The molecule has 0 aromatic rings. The molecule has 17 nitrogen and oxygen atoms in total. The molecule has 0 spiro atoms. The second kappa shape index (κ2) is 72.6. The van der Waals surface area contributed by atoms with Gasteiger partial charge in [0.25, 0.3) is 0 Å². The Morgan fingerprint density at radius 3 is 0.680 bits per heavy atom. The molecule has 0 aromatic carbocycles. The maximum absolute atomic E-state index is 13.1. The van der Waals surface area contributed by atoms with Gasteiger partial charge < -0.3 is 33.8 Å². The maximum Gasteiger partial charge on any atom is 0.472 e. The van der Waals surface area contributed by atoms with Crippen LogP contribution in [0.15, 0.2) is 0 Å². The number of hydrogen-bond donors (Lipinski definition) is 3. The highest BCUT2D eigenvalue weighted by atomic mass is 31.2. The van der Waals surface area contributed by atoms with E-state index >= 15 is 0 Å². The van der Waals surface area contributed by atoms with Gasteiger partial charge in [-0.15, -0.1) is 0 Å². The molecule has 0 fully saturated rings. The van der Waals surface area contributed by atoms with Gasteiger partial charge in [0.05, 0.1) is 26.4 Å². The van der Waals surface area contributed by atoms with Crippen molar-refractivity contribution in [2.24, 2.45) is 11.8 Å². The third kappa shape index (κ3) is 74.3. The Bertz CT molecular complexity index is 1920.